The molecule has 0 fully saturated rings. The Morgan fingerprint density at radius 2 is 0.730 bits per heavy atom. The first-order valence-corrected chi connectivity index (χ1v) is 14.0. The third-order valence-corrected chi connectivity index (χ3v) is 8.54. The molecule has 0 aromatic heterocycles. The van der Waals surface area contributed by atoms with Crippen LogP contribution in [0.1, 0.15) is 111 Å². The van der Waals surface area contributed by atoms with Gasteiger partial charge in [-0.1, -0.05) is 101 Å². The highest BCUT2D eigenvalue weighted by Crippen LogP contribution is 2.47. The third kappa shape index (κ3) is 4.12. The summed E-state index contributed by atoms with van der Waals surface area (Å²) in [4.78, 5) is 0. The monoisotopic (exact) mass is 490 g/mol. The first-order valence-electron chi connectivity index (χ1n) is 14.0. The molecule has 0 aliphatic rings. The van der Waals surface area contributed by atoms with E-state index in [1.165, 1.54) is 70.9 Å². The Hall–Kier alpha value is -2.60. The molecule has 0 unspecified atom stereocenters. The summed E-state index contributed by atoms with van der Waals surface area (Å²) in [5.74, 6) is 0. The van der Waals surface area contributed by atoms with Crippen molar-refractivity contribution in [1.29, 1.82) is 0 Å². The van der Waals surface area contributed by atoms with E-state index in [1.54, 1.807) is 0 Å². The van der Waals surface area contributed by atoms with Gasteiger partial charge in [0.25, 0.3) is 0 Å². The lowest BCUT2D eigenvalue weighted by Crippen LogP contribution is -2.15. The van der Waals surface area contributed by atoms with Gasteiger partial charge in [-0.3, -0.25) is 0 Å². The van der Waals surface area contributed by atoms with Crippen LogP contribution in [-0.4, -0.2) is 0 Å². The Bertz CT molecular complexity index is 1610. The first kappa shape index (κ1) is 26.0. The fourth-order valence-corrected chi connectivity index (χ4v) is 6.14. The topological polar surface area (TPSA) is 0 Å². The van der Waals surface area contributed by atoms with Crippen LogP contribution < -0.4 is 0 Å². The van der Waals surface area contributed by atoms with Crippen molar-refractivity contribution in [3.8, 4) is 0 Å². The summed E-state index contributed by atoms with van der Waals surface area (Å²) in [6.45, 7) is 30.5. The van der Waals surface area contributed by atoms with E-state index >= 15 is 0 Å². The van der Waals surface area contributed by atoms with Gasteiger partial charge in [-0.15, -0.1) is 0 Å². The van der Waals surface area contributed by atoms with Crippen molar-refractivity contribution in [2.24, 2.45) is 0 Å². The summed E-state index contributed by atoms with van der Waals surface area (Å²) in [7, 11) is 0. The fourth-order valence-electron chi connectivity index (χ4n) is 6.14. The number of aryl methyl sites for hydroxylation is 1. The minimum atomic E-state index is 0.0732. The van der Waals surface area contributed by atoms with Crippen LogP contribution in [0.5, 0.6) is 0 Å². The molecule has 0 atom stereocenters. The van der Waals surface area contributed by atoms with Crippen LogP contribution in [0.2, 0.25) is 0 Å². The molecule has 0 N–H and O–H groups in total. The molecule has 0 bridgehead atoms. The lowest BCUT2D eigenvalue weighted by Gasteiger charge is -2.29. The largest absolute Gasteiger partial charge is 0.0561 e. The van der Waals surface area contributed by atoms with E-state index in [1.807, 2.05) is 0 Å². The van der Waals surface area contributed by atoms with Gasteiger partial charge in [0, 0.05) is 0 Å². The number of fused-ring (bicyclic) bond motifs is 2. The summed E-state index contributed by atoms with van der Waals surface area (Å²) in [6.07, 6.45) is 0. The predicted octanol–water partition coefficient (Wildman–Crippen LogP) is 11.2. The summed E-state index contributed by atoms with van der Waals surface area (Å²) >= 11 is 0. The zero-order valence-corrected chi connectivity index (χ0v) is 25.5. The average Bonchev–Trinajstić information content (AvgIpc) is 2.74. The Kier molecular flexibility index (Phi) is 5.43. The Balaban J connectivity index is 2.18. The van der Waals surface area contributed by atoms with E-state index < -0.39 is 0 Å². The Morgan fingerprint density at radius 3 is 1.14 bits per heavy atom. The van der Waals surface area contributed by atoms with Gasteiger partial charge in [0.15, 0.2) is 0 Å². The highest BCUT2D eigenvalue weighted by Gasteiger charge is 2.27. The summed E-state index contributed by atoms with van der Waals surface area (Å²) in [5, 5.41) is 11.3. The van der Waals surface area contributed by atoms with Crippen LogP contribution in [0.4, 0.5) is 0 Å². The van der Waals surface area contributed by atoms with Crippen molar-refractivity contribution in [2.45, 2.75) is 112 Å². The third-order valence-electron chi connectivity index (χ3n) is 8.54. The van der Waals surface area contributed by atoms with Crippen LogP contribution in [0.25, 0.3) is 43.1 Å². The molecule has 5 aromatic carbocycles. The van der Waals surface area contributed by atoms with E-state index in [0.29, 0.717) is 0 Å². The zero-order chi connectivity index (χ0) is 27.5. The maximum Gasteiger partial charge on any atom is -0.00233 e. The van der Waals surface area contributed by atoms with Gasteiger partial charge in [-0.05, 0) is 124 Å². The molecule has 5 aromatic rings. The summed E-state index contributed by atoms with van der Waals surface area (Å²) in [5.41, 5.74) is 7.43. The molecule has 0 spiro atoms. The minimum absolute atomic E-state index is 0.0732. The lowest BCUT2D eigenvalue weighted by atomic mass is 9.75. The summed E-state index contributed by atoms with van der Waals surface area (Å²) < 4.78 is 0. The summed E-state index contributed by atoms with van der Waals surface area (Å²) in [6, 6.07) is 17.5. The number of benzene rings is 5. The van der Waals surface area contributed by atoms with Crippen LogP contribution in [0.15, 0.2) is 42.5 Å². The van der Waals surface area contributed by atoms with E-state index in [2.05, 4.69) is 132 Å². The Morgan fingerprint density at radius 1 is 0.378 bits per heavy atom. The molecule has 0 aliphatic heterocycles. The number of hydrogen-bond acceptors (Lipinski definition) is 0. The molecule has 0 saturated heterocycles. The molecule has 0 heterocycles. The maximum absolute atomic E-state index is 2.53. The molecule has 194 valence electrons. The van der Waals surface area contributed by atoms with E-state index in [-0.39, 0.29) is 21.7 Å². The second kappa shape index (κ2) is 7.72. The lowest BCUT2D eigenvalue weighted by molar-refractivity contribution is 0.587. The highest BCUT2D eigenvalue weighted by molar-refractivity contribution is 6.33. The zero-order valence-electron chi connectivity index (χ0n) is 25.5. The van der Waals surface area contributed by atoms with Crippen molar-refractivity contribution >= 4 is 43.1 Å². The fraction of sp³-hybridized carbons (Fsp3) is 0.459. The van der Waals surface area contributed by atoms with Gasteiger partial charge in [0.05, 0.1) is 0 Å². The average molecular weight is 491 g/mol. The van der Waals surface area contributed by atoms with Crippen molar-refractivity contribution in [2.75, 3.05) is 0 Å². The molecular formula is C37H46. The Labute approximate surface area is 224 Å². The van der Waals surface area contributed by atoms with Crippen LogP contribution in [0.3, 0.4) is 0 Å². The molecule has 0 amide bonds. The van der Waals surface area contributed by atoms with Crippen molar-refractivity contribution in [1.82, 2.24) is 0 Å². The van der Waals surface area contributed by atoms with Gasteiger partial charge in [-0.2, -0.15) is 0 Å². The molecule has 0 aliphatic carbocycles. The molecule has 0 heteroatoms. The maximum atomic E-state index is 2.53. The molecule has 5 rings (SSSR count). The van der Waals surface area contributed by atoms with Gasteiger partial charge in [0.2, 0.25) is 0 Å². The van der Waals surface area contributed by atoms with E-state index in [9.17, 15) is 0 Å². The van der Waals surface area contributed by atoms with Crippen molar-refractivity contribution < 1.29 is 0 Å². The molecule has 0 radical (unpaired) electrons. The van der Waals surface area contributed by atoms with Crippen LogP contribution in [-0.2, 0) is 21.7 Å². The minimum Gasteiger partial charge on any atom is -0.0561 e. The van der Waals surface area contributed by atoms with Crippen LogP contribution >= 0.6 is 0 Å². The molecule has 0 saturated carbocycles. The first-order chi connectivity index (χ1) is 16.8. The van der Waals surface area contributed by atoms with E-state index in [4.69, 9.17) is 0 Å². The van der Waals surface area contributed by atoms with Gasteiger partial charge >= 0.3 is 0 Å². The molecule has 0 nitrogen and oxygen atoms in total. The highest BCUT2D eigenvalue weighted by atomic mass is 14.3. The second-order valence-corrected chi connectivity index (χ2v) is 15.7. The smallest absolute Gasteiger partial charge is 0.00233 e. The quantitative estimate of drug-likeness (QED) is 0.149. The molecule has 37 heavy (non-hydrogen) atoms. The molecular weight excluding hydrogens is 444 g/mol. The van der Waals surface area contributed by atoms with Crippen molar-refractivity contribution in [3.05, 3.63) is 70.3 Å². The van der Waals surface area contributed by atoms with Gasteiger partial charge < -0.3 is 0 Å². The number of hydrogen-bond donors (Lipinski definition) is 0. The SMILES string of the molecule is Cc1c(C(C)(C)C)cc2c3cc(C(C)(C)C)cc4cc(C(C)(C)C)cc(c5cc(C(C)(C)C)cc1c52)c43. The van der Waals surface area contributed by atoms with E-state index in [0.717, 1.165) is 0 Å². The predicted molar refractivity (Wildman–Crippen MR) is 167 cm³/mol. The van der Waals surface area contributed by atoms with Gasteiger partial charge in [-0.25, -0.2) is 0 Å². The standard InChI is InChI=1S/C37H46/c1-21-26-16-25(36(8,9)10)19-29-27-17-23(34(2,3)4)14-22-15-24(35(5,6)7)18-28(32(22)27)30(33(26)29)20-31(21)37(11,12)13/h14-20H,1-13H3. The van der Waals surface area contributed by atoms with Crippen LogP contribution in [0, 0.1) is 6.92 Å². The van der Waals surface area contributed by atoms with Gasteiger partial charge in [0.1, 0.15) is 0 Å². The second-order valence-electron chi connectivity index (χ2n) is 15.7. The number of rotatable bonds is 0. The van der Waals surface area contributed by atoms with Crippen molar-refractivity contribution in [3.63, 3.8) is 0 Å². The normalized spacial score (nSPS) is 14.1.